The first-order chi connectivity index (χ1) is 18.0. The zero-order valence-corrected chi connectivity index (χ0v) is 22.5. The Morgan fingerprint density at radius 2 is 1.95 bits per heavy atom. The van der Waals surface area contributed by atoms with Crippen LogP contribution in [0.25, 0.3) is 0 Å². The Morgan fingerprint density at radius 1 is 1.18 bits per heavy atom. The van der Waals surface area contributed by atoms with Crippen molar-refractivity contribution in [2.24, 2.45) is 11.8 Å². The van der Waals surface area contributed by atoms with Gasteiger partial charge in [0.25, 0.3) is 5.91 Å². The van der Waals surface area contributed by atoms with Gasteiger partial charge in [-0.1, -0.05) is 50.6 Å². The Kier molecular flexibility index (Phi) is 10.2. The van der Waals surface area contributed by atoms with Crippen molar-refractivity contribution in [3.8, 4) is 0 Å². The van der Waals surface area contributed by atoms with Gasteiger partial charge in [-0.25, -0.2) is 9.78 Å². The molecular weight excluding hydrogens is 488 g/mol. The van der Waals surface area contributed by atoms with Crippen LogP contribution in [0.3, 0.4) is 0 Å². The van der Waals surface area contributed by atoms with E-state index in [9.17, 15) is 24.3 Å². The number of aliphatic hydroxyl groups excluding tert-OH is 1. The molecular formula is C28H38N4O6. The number of amides is 2. The average Bonchev–Trinajstić information content (AvgIpc) is 3.52. The van der Waals surface area contributed by atoms with Crippen LogP contribution < -0.4 is 5.32 Å². The molecule has 10 heteroatoms. The lowest BCUT2D eigenvalue weighted by Crippen LogP contribution is -2.44. The summed E-state index contributed by atoms with van der Waals surface area (Å²) >= 11 is 0. The van der Waals surface area contributed by atoms with E-state index in [1.807, 2.05) is 20.8 Å². The molecule has 38 heavy (non-hydrogen) atoms. The van der Waals surface area contributed by atoms with Crippen molar-refractivity contribution in [1.82, 2.24) is 20.2 Å². The lowest BCUT2D eigenvalue weighted by molar-refractivity contribution is -0.158. The molecule has 4 atom stereocenters. The minimum atomic E-state index is -0.970. The number of allylic oxidation sites excluding steroid dienone is 2. The minimum Gasteiger partial charge on any atom is -0.460 e. The monoisotopic (exact) mass is 526 g/mol. The summed E-state index contributed by atoms with van der Waals surface area (Å²) in [5.41, 5.74) is 1.21. The number of carbonyl (C=O) groups is 4. The number of H-pyrrole nitrogens is 1. The van der Waals surface area contributed by atoms with Crippen molar-refractivity contribution in [3.05, 3.63) is 53.7 Å². The first kappa shape index (κ1) is 29.0. The van der Waals surface area contributed by atoms with Gasteiger partial charge in [0, 0.05) is 43.7 Å². The van der Waals surface area contributed by atoms with Crippen LogP contribution in [0, 0.1) is 11.8 Å². The summed E-state index contributed by atoms with van der Waals surface area (Å²) < 4.78 is 5.89. The van der Waals surface area contributed by atoms with Gasteiger partial charge in [0.15, 0.2) is 5.82 Å². The predicted octanol–water partition coefficient (Wildman–Crippen LogP) is 2.27. The highest BCUT2D eigenvalue weighted by atomic mass is 16.5. The van der Waals surface area contributed by atoms with E-state index in [0.29, 0.717) is 25.1 Å². The molecule has 0 unspecified atom stereocenters. The van der Waals surface area contributed by atoms with E-state index in [2.05, 4.69) is 15.3 Å². The van der Waals surface area contributed by atoms with Gasteiger partial charge in [-0.3, -0.25) is 14.4 Å². The molecule has 0 spiro atoms. The summed E-state index contributed by atoms with van der Waals surface area (Å²) in [4.78, 5) is 59.6. The number of nitrogens with one attached hydrogen (secondary N) is 2. The molecule has 206 valence electrons. The molecule has 1 fully saturated rings. The van der Waals surface area contributed by atoms with Crippen molar-refractivity contribution in [2.75, 3.05) is 13.1 Å². The maximum absolute atomic E-state index is 13.2. The van der Waals surface area contributed by atoms with Crippen LogP contribution in [0.1, 0.15) is 63.3 Å². The number of aliphatic hydroxyl groups is 1. The Morgan fingerprint density at radius 3 is 2.68 bits per heavy atom. The molecule has 2 amide bonds. The highest BCUT2D eigenvalue weighted by Crippen LogP contribution is 2.25. The number of hydrogen-bond acceptors (Lipinski definition) is 7. The Bertz CT molecular complexity index is 1120. The van der Waals surface area contributed by atoms with Crippen LogP contribution in [0.2, 0.25) is 0 Å². The van der Waals surface area contributed by atoms with E-state index in [-0.39, 0.29) is 48.7 Å². The number of aromatic amines is 1. The van der Waals surface area contributed by atoms with E-state index in [1.165, 1.54) is 17.2 Å². The molecule has 0 aromatic carbocycles. The Hall–Kier alpha value is -3.53. The molecule has 0 saturated carbocycles. The number of ether oxygens (including phenoxy) is 1. The van der Waals surface area contributed by atoms with E-state index < -0.39 is 30.1 Å². The van der Waals surface area contributed by atoms with Gasteiger partial charge in [0.05, 0.1) is 6.10 Å². The minimum absolute atomic E-state index is 0.0140. The number of hydrogen-bond donors (Lipinski definition) is 3. The smallest absolute Gasteiger partial charge is 0.329 e. The van der Waals surface area contributed by atoms with Gasteiger partial charge < -0.3 is 25.0 Å². The van der Waals surface area contributed by atoms with Gasteiger partial charge in [-0.15, -0.1) is 0 Å². The summed E-state index contributed by atoms with van der Waals surface area (Å²) in [5.74, 6) is -1.62. The second-order valence-corrected chi connectivity index (χ2v) is 10.3. The predicted molar refractivity (Wildman–Crippen MR) is 141 cm³/mol. The number of Topliss-reactive ketones (excluding diaryl/α,β-unsaturated/α-hetero) is 1. The number of aromatic nitrogens is 2. The SMILES string of the molecule is CC1=C\[C@@H](O)CC(=O)Cc2cnc([nH]2)C(=O)N2CCC[C@@H]2C(=O)O[C@H](C(C)C)[C@H](C)/C=C/C(=O)NC\C=C\1. The highest BCUT2D eigenvalue weighted by molar-refractivity contribution is 5.94. The Balaban J connectivity index is 1.85. The Labute approximate surface area is 223 Å². The first-order valence-corrected chi connectivity index (χ1v) is 13.1. The van der Waals surface area contributed by atoms with Crippen LogP contribution in [0.5, 0.6) is 0 Å². The van der Waals surface area contributed by atoms with Gasteiger partial charge in [-0.05, 0) is 31.8 Å². The first-order valence-electron chi connectivity index (χ1n) is 13.1. The van der Waals surface area contributed by atoms with Crippen molar-refractivity contribution in [2.45, 2.75) is 71.6 Å². The fraction of sp³-hybridized carbons (Fsp3) is 0.536. The topological polar surface area (TPSA) is 142 Å². The van der Waals surface area contributed by atoms with Crippen LogP contribution in [0.15, 0.2) is 42.2 Å². The normalized spacial score (nSPS) is 29.7. The maximum Gasteiger partial charge on any atom is 0.329 e. The molecule has 10 nitrogen and oxygen atoms in total. The van der Waals surface area contributed by atoms with Crippen LogP contribution >= 0.6 is 0 Å². The second-order valence-electron chi connectivity index (χ2n) is 10.3. The molecule has 1 saturated heterocycles. The van der Waals surface area contributed by atoms with E-state index in [0.717, 1.165) is 5.57 Å². The number of cyclic esters (lactones) is 1. The van der Waals surface area contributed by atoms with E-state index in [4.69, 9.17) is 4.74 Å². The van der Waals surface area contributed by atoms with E-state index in [1.54, 1.807) is 31.2 Å². The van der Waals surface area contributed by atoms with Crippen molar-refractivity contribution >= 4 is 23.6 Å². The van der Waals surface area contributed by atoms with E-state index >= 15 is 0 Å². The number of carbonyl (C=O) groups excluding carboxylic acids is 4. The molecule has 1 aromatic rings. The number of rotatable bonds is 1. The third kappa shape index (κ3) is 7.98. The third-order valence-corrected chi connectivity index (χ3v) is 6.65. The lowest BCUT2D eigenvalue weighted by atomic mass is 9.94. The summed E-state index contributed by atoms with van der Waals surface area (Å²) in [7, 11) is 0. The zero-order chi connectivity index (χ0) is 27.8. The number of fused-ring (bicyclic) bond motifs is 3. The zero-order valence-electron chi connectivity index (χ0n) is 22.5. The number of imidazole rings is 1. The van der Waals surface area contributed by atoms with Gasteiger partial charge in [0.1, 0.15) is 17.9 Å². The van der Waals surface area contributed by atoms with Crippen molar-refractivity contribution in [3.63, 3.8) is 0 Å². The number of esters is 1. The average molecular weight is 527 g/mol. The fourth-order valence-corrected chi connectivity index (χ4v) is 4.76. The number of ketones is 1. The summed E-state index contributed by atoms with van der Waals surface area (Å²) in [6, 6.07) is -0.739. The lowest BCUT2D eigenvalue weighted by Gasteiger charge is -2.29. The molecule has 0 aliphatic carbocycles. The molecule has 3 rings (SSSR count). The molecule has 1 aromatic heterocycles. The van der Waals surface area contributed by atoms with Crippen molar-refractivity contribution < 1.29 is 29.0 Å². The van der Waals surface area contributed by atoms with Gasteiger partial charge in [-0.2, -0.15) is 0 Å². The third-order valence-electron chi connectivity index (χ3n) is 6.65. The second kappa shape index (κ2) is 13.3. The van der Waals surface area contributed by atoms with Crippen molar-refractivity contribution in [1.29, 1.82) is 0 Å². The summed E-state index contributed by atoms with van der Waals surface area (Å²) in [6.45, 7) is 8.23. The molecule has 0 radical (unpaired) electrons. The molecule has 2 aliphatic heterocycles. The molecule has 3 heterocycles. The molecule has 2 bridgehead atoms. The molecule has 3 N–H and O–H groups in total. The summed E-state index contributed by atoms with van der Waals surface area (Å²) in [5, 5.41) is 13.0. The summed E-state index contributed by atoms with van der Waals surface area (Å²) in [6.07, 6.45) is 9.22. The van der Waals surface area contributed by atoms with Gasteiger partial charge >= 0.3 is 5.97 Å². The molecule has 2 aliphatic rings. The largest absolute Gasteiger partial charge is 0.460 e. The van der Waals surface area contributed by atoms with Crippen LogP contribution in [-0.4, -0.2) is 74.9 Å². The fourth-order valence-electron chi connectivity index (χ4n) is 4.76. The van der Waals surface area contributed by atoms with Crippen LogP contribution in [-0.2, 0) is 25.5 Å². The van der Waals surface area contributed by atoms with Gasteiger partial charge in [0.2, 0.25) is 5.91 Å². The highest BCUT2D eigenvalue weighted by Gasteiger charge is 2.38. The van der Waals surface area contributed by atoms with Crippen LogP contribution in [0.4, 0.5) is 0 Å². The number of nitrogens with zero attached hydrogens (tertiary/aromatic N) is 2. The standard InChI is InChI=1S/C28H38N4O6/c1-17(2)25-19(4)9-10-24(35)29-11-5-7-18(3)13-21(33)15-22(34)14-20-16-30-26(31-20)27(36)32-12-6-8-23(32)28(37)38-25/h5,7,9-10,13,16-17,19,21,23,25,33H,6,8,11-12,14-15H2,1-4H3,(H,29,35)(H,30,31)/b7-5+,10-9+,18-13+/t19-,21-,23-,25-/m1/s1. The maximum atomic E-state index is 13.2. The quantitative estimate of drug-likeness (QED) is 0.477.